The molecule has 1 saturated heterocycles. The van der Waals surface area contributed by atoms with Crippen molar-refractivity contribution < 1.29 is 14.6 Å². The van der Waals surface area contributed by atoms with E-state index in [4.69, 9.17) is 15.2 Å². The van der Waals surface area contributed by atoms with E-state index in [-0.39, 0.29) is 18.8 Å². The van der Waals surface area contributed by atoms with Gasteiger partial charge in [-0.1, -0.05) is 84.9 Å². The minimum Gasteiger partial charge on any atom is -0.392 e. The summed E-state index contributed by atoms with van der Waals surface area (Å²) in [6.45, 7) is 1.19. The van der Waals surface area contributed by atoms with Crippen LogP contribution in [-0.2, 0) is 29.2 Å². The smallest absolute Gasteiger partial charge is 0.184 e. The Labute approximate surface area is 222 Å². The van der Waals surface area contributed by atoms with Crippen molar-refractivity contribution in [1.82, 2.24) is 9.55 Å². The summed E-state index contributed by atoms with van der Waals surface area (Å²) in [5.74, 6) is 0. The first-order valence-electron chi connectivity index (χ1n) is 13.0. The fourth-order valence-electron chi connectivity index (χ4n) is 5.21. The van der Waals surface area contributed by atoms with Crippen LogP contribution >= 0.6 is 0 Å². The lowest BCUT2D eigenvalue weighted by Gasteiger charge is -2.36. The molecule has 0 aliphatic carbocycles. The van der Waals surface area contributed by atoms with Crippen molar-refractivity contribution in [1.29, 1.82) is 0 Å². The Kier molecular flexibility index (Phi) is 7.03. The molecule has 1 fully saturated rings. The summed E-state index contributed by atoms with van der Waals surface area (Å²) >= 11 is 0. The molecule has 0 radical (unpaired) electrons. The lowest BCUT2D eigenvalue weighted by molar-refractivity contribution is -0.252. The zero-order valence-electron chi connectivity index (χ0n) is 21.1. The molecule has 6 heteroatoms. The van der Waals surface area contributed by atoms with Crippen LogP contribution in [0.25, 0.3) is 22.2 Å². The Balaban J connectivity index is 1.29. The molecule has 2 heterocycles. The number of fused-ring (bicyclic) bond motifs is 1. The average molecular weight is 506 g/mol. The first-order valence-corrected chi connectivity index (χ1v) is 13.0. The standard InChI is InChI=1S/C32H31N3O3/c33-18-26-5-1-2-6-28(26)23-13-15-25(16-14-23)32-37-27(19-35-21-34-29-7-3-4-8-30(29)35)17-31(38-32)24-11-9-22(20-36)10-12-24/h1-16,21,27,31-32,36H,17-20,33H2/t27-,31+,32+/m0/s1. The van der Waals surface area contributed by atoms with Gasteiger partial charge >= 0.3 is 0 Å². The van der Waals surface area contributed by atoms with Crippen LogP contribution in [0, 0.1) is 0 Å². The van der Waals surface area contributed by atoms with Crippen LogP contribution in [0.3, 0.4) is 0 Å². The number of hydrogen-bond acceptors (Lipinski definition) is 5. The van der Waals surface area contributed by atoms with Crippen molar-refractivity contribution in [2.24, 2.45) is 5.73 Å². The molecular weight excluding hydrogens is 474 g/mol. The topological polar surface area (TPSA) is 82.5 Å². The predicted octanol–water partition coefficient (Wildman–Crippen LogP) is 5.90. The third kappa shape index (κ3) is 4.99. The number of aromatic nitrogens is 2. The normalized spacial score (nSPS) is 19.6. The van der Waals surface area contributed by atoms with Gasteiger partial charge in [0, 0.05) is 18.5 Å². The van der Waals surface area contributed by atoms with Crippen LogP contribution < -0.4 is 5.73 Å². The largest absolute Gasteiger partial charge is 0.392 e. The summed E-state index contributed by atoms with van der Waals surface area (Å²) in [6.07, 6.45) is 1.87. The SMILES string of the molecule is NCc1ccccc1-c1ccc([C@@H]2O[C@H](Cn3cnc4ccccc43)C[C@H](c3ccc(CO)cc3)O2)cc1. The van der Waals surface area contributed by atoms with E-state index in [1.54, 1.807) is 0 Å². The predicted molar refractivity (Wildman–Crippen MR) is 148 cm³/mol. The molecule has 5 aromatic rings. The lowest BCUT2D eigenvalue weighted by atomic mass is 9.97. The molecule has 3 N–H and O–H groups in total. The molecular formula is C32H31N3O3. The molecule has 0 amide bonds. The summed E-state index contributed by atoms with van der Waals surface area (Å²) in [4.78, 5) is 4.55. The number of nitrogens with two attached hydrogens (primary N) is 1. The number of hydrogen-bond donors (Lipinski definition) is 2. The molecule has 1 aliphatic heterocycles. The van der Waals surface area contributed by atoms with Crippen LogP contribution in [0.4, 0.5) is 0 Å². The maximum absolute atomic E-state index is 9.47. The third-order valence-corrected chi connectivity index (χ3v) is 7.27. The molecule has 1 aliphatic rings. The second kappa shape index (κ2) is 10.9. The highest BCUT2D eigenvalue weighted by Gasteiger charge is 2.32. The molecule has 1 aromatic heterocycles. The number of nitrogens with zero attached hydrogens (tertiary/aromatic N) is 2. The van der Waals surface area contributed by atoms with Crippen LogP contribution in [-0.4, -0.2) is 20.8 Å². The molecule has 38 heavy (non-hydrogen) atoms. The fraction of sp³-hybridized carbons (Fsp3) is 0.219. The van der Waals surface area contributed by atoms with Crippen LogP contribution in [0.2, 0.25) is 0 Å². The number of aliphatic hydroxyl groups excluding tert-OH is 1. The Morgan fingerprint density at radius 2 is 1.58 bits per heavy atom. The van der Waals surface area contributed by atoms with E-state index in [0.717, 1.165) is 44.4 Å². The van der Waals surface area contributed by atoms with Gasteiger partial charge in [-0.3, -0.25) is 0 Å². The summed E-state index contributed by atoms with van der Waals surface area (Å²) in [5.41, 5.74) is 14.3. The van der Waals surface area contributed by atoms with Gasteiger partial charge in [-0.05, 0) is 39.9 Å². The van der Waals surface area contributed by atoms with Gasteiger partial charge in [0.05, 0.1) is 42.7 Å². The fourth-order valence-corrected chi connectivity index (χ4v) is 5.21. The van der Waals surface area contributed by atoms with Gasteiger partial charge in [0.25, 0.3) is 0 Å². The molecule has 0 saturated carbocycles. The van der Waals surface area contributed by atoms with Gasteiger partial charge in [-0.25, -0.2) is 4.98 Å². The maximum atomic E-state index is 9.47. The molecule has 192 valence electrons. The zero-order chi connectivity index (χ0) is 25.9. The first-order chi connectivity index (χ1) is 18.7. The molecule has 0 bridgehead atoms. The van der Waals surface area contributed by atoms with Crippen LogP contribution in [0.15, 0.2) is 103 Å². The van der Waals surface area contributed by atoms with E-state index in [0.29, 0.717) is 19.5 Å². The number of imidazole rings is 1. The van der Waals surface area contributed by atoms with Gasteiger partial charge in [0.1, 0.15) is 0 Å². The van der Waals surface area contributed by atoms with Gasteiger partial charge in [0.2, 0.25) is 0 Å². The molecule has 6 nitrogen and oxygen atoms in total. The summed E-state index contributed by atoms with van der Waals surface area (Å²) in [6, 6.07) is 32.7. The molecule has 0 spiro atoms. The molecule has 4 aromatic carbocycles. The minimum absolute atomic E-state index is 0.0213. The van der Waals surface area contributed by atoms with E-state index in [9.17, 15) is 5.11 Å². The zero-order valence-corrected chi connectivity index (χ0v) is 21.1. The van der Waals surface area contributed by atoms with E-state index in [2.05, 4.69) is 52.0 Å². The van der Waals surface area contributed by atoms with Crippen LogP contribution in [0.5, 0.6) is 0 Å². The van der Waals surface area contributed by atoms with E-state index in [1.165, 1.54) is 0 Å². The number of rotatable bonds is 7. The van der Waals surface area contributed by atoms with Crippen molar-refractivity contribution in [2.45, 2.75) is 44.6 Å². The highest BCUT2D eigenvalue weighted by molar-refractivity contribution is 5.75. The van der Waals surface area contributed by atoms with E-state index < -0.39 is 6.29 Å². The Bertz CT molecular complexity index is 1510. The van der Waals surface area contributed by atoms with Crippen molar-refractivity contribution in [3.63, 3.8) is 0 Å². The quantitative estimate of drug-likeness (QED) is 0.288. The first kappa shape index (κ1) is 24.5. The van der Waals surface area contributed by atoms with Crippen molar-refractivity contribution in [3.8, 4) is 11.1 Å². The van der Waals surface area contributed by atoms with Crippen molar-refractivity contribution in [3.05, 3.63) is 126 Å². The minimum atomic E-state index is -0.509. The number of benzene rings is 4. The number of aliphatic hydroxyl groups is 1. The third-order valence-electron chi connectivity index (χ3n) is 7.27. The summed E-state index contributed by atoms with van der Waals surface area (Å²) in [7, 11) is 0. The molecule has 6 rings (SSSR count). The van der Waals surface area contributed by atoms with E-state index >= 15 is 0 Å². The maximum Gasteiger partial charge on any atom is 0.184 e. The van der Waals surface area contributed by atoms with Gasteiger partial charge < -0.3 is 24.9 Å². The van der Waals surface area contributed by atoms with E-state index in [1.807, 2.05) is 60.9 Å². The summed E-state index contributed by atoms with van der Waals surface area (Å²) in [5, 5.41) is 9.47. The van der Waals surface area contributed by atoms with Crippen molar-refractivity contribution >= 4 is 11.0 Å². The number of para-hydroxylation sites is 2. The van der Waals surface area contributed by atoms with Crippen molar-refractivity contribution in [2.75, 3.05) is 0 Å². The Morgan fingerprint density at radius 1 is 0.842 bits per heavy atom. The molecule has 3 atom stereocenters. The Morgan fingerprint density at radius 3 is 2.37 bits per heavy atom. The monoisotopic (exact) mass is 505 g/mol. The highest BCUT2D eigenvalue weighted by Crippen LogP contribution is 2.39. The highest BCUT2D eigenvalue weighted by atomic mass is 16.7. The second-order valence-electron chi connectivity index (χ2n) is 9.72. The Hall–Kier alpha value is -3.81. The lowest BCUT2D eigenvalue weighted by Crippen LogP contribution is -2.32. The van der Waals surface area contributed by atoms with Crippen LogP contribution in [0.1, 0.15) is 41.1 Å². The van der Waals surface area contributed by atoms with Gasteiger partial charge in [0.15, 0.2) is 6.29 Å². The second-order valence-corrected chi connectivity index (χ2v) is 9.72. The van der Waals surface area contributed by atoms with Gasteiger partial charge in [-0.15, -0.1) is 0 Å². The number of ether oxygens (including phenoxy) is 2. The average Bonchev–Trinajstić information content (AvgIpc) is 3.39. The van der Waals surface area contributed by atoms with Gasteiger partial charge in [-0.2, -0.15) is 0 Å². The molecule has 0 unspecified atom stereocenters. The summed E-state index contributed by atoms with van der Waals surface area (Å²) < 4.78 is 15.2.